The molecule has 25 heavy (non-hydrogen) atoms. The number of ether oxygens (including phenoxy) is 1. The summed E-state index contributed by atoms with van der Waals surface area (Å²) in [5, 5.41) is 0. The fraction of sp³-hybridized carbons (Fsp3) is 0.409. The fourth-order valence-corrected chi connectivity index (χ4v) is 3.57. The third-order valence-electron chi connectivity index (χ3n) is 4.73. The number of hydrogen-bond acceptors (Lipinski definition) is 3. The minimum atomic E-state index is -0.705. The normalized spacial score (nSPS) is 14.8. The topological polar surface area (TPSA) is 29.5 Å². The predicted octanol–water partition coefficient (Wildman–Crippen LogP) is 3.93. The van der Waals surface area contributed by atoms with Gasteiger partial charge >= 0.3 is 5.97 Å². The molecule has 0 saturated heterocycles. The molecule has 0 unspecified atom stereocenters. The third-order valence-corrected chi connectivity index (χ3v) is 4.73. The molecule has 0 fully saturated rings. The molecule has 0 amide bonds. The summed E-state index contributed by atoms with van der Waals surface area (Å²) in [5.41, 5.74) is 1.46. The van der Waals surface area contributed by atoms with E-state index in [1.165, 1.54) is 0 Å². The van der Waals surface area contributed by atoms with Gasteiger partial charge in [0.05, 0.1) is 6.61 Å². The summed E-state index contributed by atoms with van der Waals surface area (Å²) in [5.74, 6) is -0.0384. The molecule has 0 aliphatic carbocycles. The molecule has 3 heteroatoms. The second-order valence-electron chi connectivity index (χ2n) is 6.88. The van der Waals surface area contributed by atoms with E-state index >= 15 is 0 Å². The Morgan fingerprint density at radius 2 is 1.60 bits per heavy atom. The Labute approximate surface area is 151 Å². The predicted molar refractivity (Wildman–Crippen MR) is 103 cm³/mol. The summed E-state index contributed by atoms with van der Waals surface area (Å²) < 4.78 is 5.58. The van der Waals surface area contributed by atoms with Crippen molar-refractivity contribution in [2.45, 2.75) is 25.7 Å². The molecule has 134 valence electrons. The summed E-state index contributed by atoms with van der Waals surface area (Å²) in [6, 6.07) is 20.3. The Kier molecular flexibility index (Phi) is 6.77. The summed E-state index contributed by atoms with van der Waals surface area (Å²) >= 11 is 0. The van der Waals surface area contributed by atoms with Crippen molar-refractivity contribution in [3.63, 3.8) is 0 Å². The maximum absolute atomic E-state index is 13.3. The fourth-order valence-electron chi connectivity index (χ4n) is 3.57. The van der Waals surface area contributed by atoms with Crippen molar-refractivity contribution in [3.8, 4) is 0 Å². The quantitative estimate of drug-likeness (QED) is 0.683. The molecule has 2 rings (SSSR count). The first-order chi connectivity index (χ1) is 12.0. The molecule has 2 atom stereocenters. The zero-order chi connectivity index (χ0) is 18.3. The summed E-state index contributed by atoms with van der Waals surface area (Å²) in [6.45, 7) is 5.21. The van der Waals surface area contributed by atoms with Crippen LogP contribution < -0.4 is 0 Å². The second kappa shape index (κ2) is 8.82. The van der Waals surface area contributed by atoms with Crippen LogP contribution in [-0.2, 0) is 21.4 Å². The zero-order valence-corrected chi connectivity index (χ0v) is 15.7. The molecule has 2 aromatic carbocycles. The number of rotatable bonds is 8. The molecule has 0 bridgehead atoms. The first-order valence-electron chi connectivity index (χ1n) is 8.92. The highest BCUT2D eigenvalue weighted by Crippen LogP contribution is 2.38. The number of carbonyl (C=O) groups excluding carboxylic acids is 1. The van der Waals surface area contributed by atoms with Gasteiger partial charge in [-0.05, 0) is 44.5 Å². The highest BCUT2D eigenvalue weighted by atomic mass is 16.5. The third kappa shape index (κ3) is 4.49. The Balaban J connectivity index is 2.57. The van der Waals surface area contributed by atoms with Crippen molar-refractivity contribution in [2.24, 2.45) is 5.92 Å². The van der Waals surface area contributed by atoms with Gasteiger partial charge in [-0.3, -0.25) is 4.79 Å². The van der Waals surface area contributed by atoms with Crippen LogP contribution in [0.15, 0.2) is 60.7 Å². The van der Waals surface area contributed by atoms with E-state index < -0.39 is 5.41 Å². The molecule has 0 aliphatic heterocycles. The molecular weight excluding hydrogens is 310 g/mol. The van der Waals surface area contributed by atoms with E-state index in [9.17, 15) is 4.79 Å². The zero-order valence-electron chi connectivity index (χ0n) is 15.7. The van der Waals surface area contributed by atoms with E-state index in [-0.39, 0.29) is 11.9 Å². The van der Waals surface area contributed by atoms with Crippen LogP contribution in [0.1, 0.15) is 25.0 Å². The molecule has 0 spiro atoms. The van der Waals surface area contributed by atoms with E-state index in [0.29, 0.717) is 13.0 Å². The van der Waals surface area contributed by atoms with Crippen molar-refractivity contribution < 1.29 is 9.53 Å². The van der Waals surface area contributed by atoms with Gasteiger partial charge in [-0.15, -0.1) is 0 Å². The first-order valence-corrected chi connectivity index (χ1v) is 8.92. The number of esters is 1. The van der Waals surface area contributed by atoms with Gasteiger partial charge in [0.25, 0.3) is 0 Å². The smallest absolute Gasteiger partial charge is 0.317 e. The lowest BCUT2D eigenvalue weighted by Crippen LogP contribution is -2.48. The number of benzene rings is 2. The van der Waals surface area contributed by atoms with Crippen molar-refractivity contribution >= 4 is 5.97 Å². The second-order valence-corrected chi connectivity index (χ2v) is 6.88. The molecule has 2 aromatic rings. The van der Waals surface area contributed by atoms with E-state index in [0.717, 1.165) is 17.7 Å². The lowest BCUT2D eigenvalue weighted by Gasteiger charge is -2.39. The van der Waals surface area contributed by atoms with E-state index in [4.69, 9.17) is 4.74 Å². The molecule has 0 radical (unpaired) electrons. The highest BCUT2D eigenvalue weighted by molar-refractivity contribution is 5.84. The van der Waals surface area contributed by atoms with Gasteiger partial charge in [0.15, 0.2) is 0 Å². The minimum Gasteiger partial charge on any atom is -0.465 e. The van der Waals surface area contributed by atoms with Crippen LogP contribution in [0.4, 0.5) is 0 Å². The molecule has 0 saturated carbocycles. The molecule has 0 aromatic heterocycles. The number of hydrogen-bond donors (Lipinski definition) is 0. The van der Waals surface area contributed by atoms with Crippen LogP contribution in [0.5, 0.6) is 0 Å². The summed E-state index contributed by atoms with van der Waals surface area (Å²) in [4.78, 5) is 15.4. The van der Waals surface area contributed by atoms with E-state index in [1.54, 1.807) is 0 Å². The van der Waals surface area contributed by atoms with E-state index in [2.05, 4.69) is 24.0 Å². The van der Waals surface area contributed by atoms with Crippen LogP contribution in [0.3, 0.4) is 0 Å². The molecular formula is C22H29NO2. The van der Waals surface area contributed by atoms with Crippen molar-refractivity contribution in [2.75, 3.05) is 27.2 Å². The number of carbonyl (C=O) groups is 1. The highest BCUT2D eigenvalue weighted by Gasteiger charge is 2.46. The van der Waals surface area contributed by atoms with Gasteiger partial charge in [-0.25, -0.2) is 0 Å². The van der Waals surface area contributed by atoms with Gasteiger partial charge in [0, 0.05) is 6.54 Å². The standard InChI is InChI=1S/C22H29NO2/c1-5-25-21(24)22(18(2)17-23(3)4,20-14-10-7-11-15-20)16-19-12-8-6-9-13-19/h6-15,18H,5,16-17H2,1-4H3/t18-,22-/m0/s1. The van der Waals surface area contributed by atoms with Crippen LogP contribution in [-0.4, -0.2) is 38.1 Å². The van der Waals surface area contributed by atoms with Crippen LogP contribution in [0.25, 0.3) is 0 Å². The average molecular weight is 339 g/mol. The Morgan fingerprint density at radius 3 is 2.12 bits per heavy atom. The Bertz CT molecular complexity index is 654. The van der Waals surface area contributed by atoms with E-state index in [1.807, 2.05) is 69.6 Å². The molecule has 0 N–H and O–H groups in total. The van der Waals surface area contributed by atoms with Crippen molar-refractivity contribution in [3.05, 3.63) is 71.8 Å². The lowest BCUT2D eigenvalue weighted by atomic mass is 9.67. The van der Waals surface area contributed by atoms with Crippen LogP contribution in [0.2, 0.25) is 0 Å². The summed E-state index contributed by atoms with van der Waals surface area (Å²) in [7, 11) is 4.08. The van der Waals surface area contributed by atoms with Crippen LogP contribution >= 0.6 is 0 Å². The Morgan fingerprint density at radius 1 is 1.04 bits per heavy atom. The van der Waals surface area contributed by atoms with Crippen molar-refractivity contribution in [1.82, 2.24) is 4.90 Å². The maximum Gasteiger partial charge on any atom is 0.317 e. The van der Waals surface area contributed by atoms with Gasteiger partial charge in [-0.1, -0.05) is 67.6 Å². The van der Waals surface area contributed by atoms with Gasteiger partial charge < -0.3 is 9.64 Å². The van der Waals surface area contributed by atoms with Gasteiger partial charge in [0.1, 0.15) is 5.41 Å². The average Bonchev–Trinajstić information content (AvgIpc) is 2.60. The molecule has 3 nitrogen and oxygen atoms in total. The van der Waals surface area contributed by atoms with Crippen molar-refractivity contribution in [1.29, 1.82) is 0 Å². The largest absolute Gasteiger partial charge is 0.465 e. The molecule has 0 aliphatic rings. The summed E-state index contributed by atoms with van der Waals surface area (Å²) in [6.07, 6.45) is 0.631. The van der Waals surface area contributed by atoms with Gasteiger partial charge in [-0.2, -0.15) is 0 Å². The number of nitrogens with zero attached hydrogens (tertiary/aromatic N) is 1. The Hall–Kier alpha value is -2.13. The first kappa shape index (κ1) is 19.2. The van der Waals surface area contributed by atoms with Gasteiger partial charge in [0.2, 0.25) is 0 Å². The monoisotopic (exact) mass is 339 g/mol. The SMILES string of the molecule is CCOC(=O)[C@](Cc1ccccc1)(c1ccccc1)[C@@H](C)CN(C)C. The van der Waals surface area contributed by atoms with Crippen LogP contribution in [0, 0.1) is 5.92 Å². The molecule has 0 heterocycles. The maximum atomic E-state index is 13.3. The lowest BCUT2D eigenvalue weighted by molar-refractivity contribution is -0.152. The minimum absolute atomic E-state index is 0.101.